The molecule has 1 aromatic heterocycles. The van der Waals surface area contributed by atoms with Gasteiger partial charge in [-0.25, -0.2) is 4.98 Å². The van der Waals surface area contributed by atoms with Crippen LogP contribution in [-0.2, 0) is 21.4 Å². The van der Waals surface area contributed by atoms with Crippen LogP contribution < -0.4 is 0 Å². The molecule has 0 bridgehead atoms. The van der Waals surface area contributed by atoms with E-state index in [0.717, 1.165) is 11.5 Å². The predicted octanol–water partition coefficient (Wildman–Crippen LogP) is 3.22. The van der Waals surface area contributed by atoms with E-state index in [1.54, 1.807) is 7.11 Å². The molecule has 1 heterocycles. The zero-order valence-electron chi connectivity index (χ0n) is 12.4. The number of oxazole rings is 1. The number of aryl methyl sites for hydroxylation is 1. The van der Waals surface area contributed by atoms with Crippen LogP contribution in [0.4, 0.5) is 0 Å². The van der Waals surface area contributed by atoms with Gasteiger partial charge in [-0.2, -0.15) is 0 Å². The van der Waals surface area contributed by atoms with Gasteiger partial charge < -0.3 is 13.6 Å². The molecule has 102 valence electrons. The maximum absolute atomic E-state index is 6.01. The molecule has 5 heteroatoms. The Labute approximate surface area is 112 Å². The number of nitrogens with zero attached hydrogens (tertiary/aromatic N) is 1. The smallest absolute Gasteiger partial charge is 0.237 e. The Kier molecular flexibility index (Phi) is 4.75. The minimum absolute atomic E-state index is 0.153. The molecule has 0 N–H and O–H groups in total. The lowest BCUT2D eigenvalue weighted by Gasteiger charge is -2.27. The molecule has 0 saturated heterocycles. The molecule has 0 aliphatic rings. The lowest BCUT2D eigenvalue weighted by atomic mass is 10.1. The number of hydrogen-bond donors (Lipinski definition) is 0. The third kappa shape index (κ3) is 4.22. The van der Waals surface area contributed by atoms with E-state index in [0.29, 0.717) is 22.3 Å². The average Bonchev–Trinajstić information content (AvgIpc) is 2.57. The maximum Gasteiger partial charge on any atom is 0.237 e. The minimum atomic E-state index is -0.463. The van der Waals surface area contributed by atoms with Gasteiger partial charge in [0.25, 0.3) is 0 Å². The topological polar surface area (TPSA) is 44.5 Å². The van der Waals surface area contributed by atoms with Crippen molar-refractivity contribution >= 4 is 9.76 Å². The lowest BCUT2D eigenvalue weighted by Crippen LogP contribution is -2.27. The molecule has 1 aromatic rings. The first-order chi connectivity index (χ1) is 8.15. The zero-order chi connectivity index (χ0) is 14.0. The largest absolute Gasteiger partial charge is 0.440 e. The normalized spacial score (nSPS) is 13.1. The van der Waals surface area contributed by atoms with Gasteiger partial charge in [-0.3, -0.25) is 0 Å². The number of rotatable bonds is 5. The first-order valence-electron chi connectivity index (χ1n) is 6.06. The molecule has 0 atom stereocenters. The summed E-state index contributed by atoms with van der Waals surface area (Å²) in [6.45, 7) is 12.8. The maximum atomic E-state index is 6.01. The summed E-state index contributed by atoms with van der Waals surface area (Å²) in [5.74, 6) is 1.38. The number of hydrogen-bond acceptors (Lipinski definition) is 4. The fourth-order valence-corrected chi connectivity index (χ4v) is 2.18. The molecule has 2 radical (unpaired) electrons. The standard InChI is InChI=1S/C13H23NO3Si/c1-9-11(16-10(14-9)8-15-7)13(5,6)17-18-12(2,3)4/h8H2,1-7H3. The van der Waals surface area contributed by atoms with E-state index in [9.17, 15) is 0 Å². The molecule has 0 fully saturated rings. The SMILES string of the molecule is COCc1nc(C)c(C(C)(C)O[Si]C(C)(C)C)o1. The van der Waals surface area contributed by atoms with E-state index in [1.807, 2.05) is 20.8 Å². The molecule has 0 saturated carbocycles. The van der Waals surface area contributed by atoms with Crippen LogP contribution in [0.5, 0.6) is 0 Å². The van der Waals surface area contributed by atoms with Crippen LogP contribution in [0.1, 0.15) is 52.0 Å². The first-order valence-corrected chi connectivity index (χ1v) is 6.97. The molecule has 0 aromatic carbocycles. The van der Waals surface area contributed by atoms with E-state index in [4.69, 9.17) is 13.6 Å². The molecule has 0 aliphatic heterocycles. The molecule has 1 rings (SSSR count). The van der Waals surface area contributed by atoms with Gasteiger partial charge in [-0.15, -0.1) is 0 Å². The molecule has 0 amide bonds. The van der Waals surface area contributed by atoms with E-state index in [2.05, 4.69) is 25.8 Å². The molecule has 18 heavy (non-hydrogen) atoms. The van der Waals surface area contributed by atoms with Gasteiger partial charge in [0.1, 0.15) is 12.2 Å². The Balaban J connectivity index is 2.83. The van der Waals surface area contributed by atoms with E-state index in [1.165, 1.54) is 0 Å². The summed E-state index contributed by atoms with van der Waals surface area (Å²) in [6, 6.07) is 0. The van der Waals surface area contributed by atoms with Crippen LogP contribution in [0.25, 0.3) is 0 Å². The van der Waals surface area contributed by atoms with Gasteiger partial charge in [-0.1, -0.05) is 20.8 Å². The Hall–Kier alpha value is -0.653. The molecule has 0 spiro atoms. The molecule has 0 aliphatic carbocycles. The van der Waals surface area contributed by atoms with Crippen LogP contribution in [0.2, 0.25) is 5.04 Å². The van der Waals surface area contributed by atoms with Crippen molar-refractivity contribution in [3.63, 3.8) is 0 Å². The molecular formula is C13H23NO3Si. The molecule has 0 unspecified atom stereocenters. The summed E-state index contributed by atoms with van der Waals surface area (Å²) in [4.78, 5) is 4.34. The van der Waals surface area contributed by atoms with Crippen molar-refractivity contribution < 1.29 is 13.6 Å². The van der Waals surface area contributed by atoms with Crippen LogP contribution >= 0.6 is 0 Å². The summed E-state index contributed by atoms with van der Waals surface area (Å²) >= 11 is 0. The van der Waals surface area contributed by atoms with Crippen molar-refractivity contribution in [2.75, 3.05) is 7.11 Å². The highest BCUT2D eigenvalue weighted by Crippen LogP contribution is 2.31. The first kappa shape index (κ1) is 15.4. The van der Waals surface area contributed by atoms with Gasteiger partial charge in [-0.05, 0) is 25.8 Å². The fraction of sp³-hybridized carbons (Fsp3) is 0.769. The summed E-state index contributed by atoms with van der Waals surface area (Å²) < 4.78 is 16.8. The van der Waals surface area contributed by atoms with Crippen LogP contribution in [0.15, 0.2) is 4.42 Å². The summed E-state index contributed by atoms with van der Waals surface area (Å²) in [5, 5.41) is 0.153. The summed E-state index contributed by atoms with van der Waals surface area (Å²) in [7, 11) is 2.03. The van der Waals surface area contributed by atoms with E-state index >= 15 is 0 Å². The summed E-state index contributed by atoms with van der Waals surface area (Å²) in [5.41, 5.74) is 0.403. The third-order valence-corrected chi connectivity index (χ3v) is 3.49. The second-order valence-corrected chi connectivity index (χ2v) is 7.83. The van der Waals surface area contributed by atoms with Crippen molar-refractivity contribution in [3.8, 4) is 0 Å². The molecular weight excluding hydrogens is 246 g/mol. The average molecular weight is 269 g/mol. The minimum Gasteiger partial charge on any atom is -0.440 e. The molecule has 4 nitrogen and oxygen atoms in total. The number of ether oxygens (including phenoxy) is 1. The number of aromatic nitrogens is 1. The quantitative estimate of drug-likeness (QED) is 0.770. The van der Waals surface area contributed by atoms with Crippen LogP contribution in [-0.4, -0.2) is 21.9 Å². The van der Waals surface area contributed by atoms with Crippen LogP contribution in [0, 0.1) is 6.92 Å². The lowest BCUT2D eigenvalue weighted by molar-refractivity contribution is 0.0755. The fourth-order valence-electron chi connectivity index (χ4n) is 1.52. The van der Waals surface area contributed by atoms with Crippen molar-refractivity contribution in [2.24, 2.45) is 0 Å². The Morgan fingerprint density at radius 1 is 1.22 bits per heavy atom. The highest BCUT2D eigenvalue weighted by molar-refractivity contribution is 6.31. The van der Waals surface area contributed by atoms with Crippen molar-refractivity contribution in [3.05, 3.63) is 17.3 Å². The Morgan fingerprint density at radius 3 is 2.33 bits per heavy atom. The van der Waals surface area contributed by atoms with Crippen LogP contribution in [0.3, 0.4) is 0 Å². The highest BCUT2D eigenvalue weighted by atomic mass is 28.2. The van der Waals surface area contributed by atoms with Crippen molar-refractivity contribution in [1.82, 2.24) is 4.98 Å². The van der Waals surface area contributed by atoms with Gasteiger partial charge in [0.15, 0.2) is 5.76 Å². The second-order valence-electron chi connectivity index (χ2n) is 5.92. The van der Waals surface area contributed by atoms with Gasteiger partial charge in [0, 0.05) is 7.11 Å². The van der Waals surface area contributed by atoms with E-state index < -0.39 is 5.60 Å². The van der Waals surface area contributed by atoms with Crippen molar-refractivity contribution in [1.29, 1.82) is 0 Å². The monoisotopic (exact) mass is 269 g/mol. The predicted molar refractivity (Wildman–Crippen MR) is 71.5 cm³/mol. The number of methoxy groups -OCH3 is 1. The summed E-state index contributed by atoms with van der Waals surface area (Å²) in [6.07, 6.45) is 0. The Bertz CT molecular complexity index is 393. The second kappa shape index (κ2) is 5.55. The third-order valence-electron chi connectivity index (χ3n) is 2.27. The van der Waals surface area contributed by atoms with Gasteiger partial charge in [0.2, 0.25) is 15.7 Å². The highest BCUT2D eigenvalue weighted by Gasteiger charge is 2.31. The van der Waals surface area contributed by atoms with E-state index in [-0.39, 0.29) is 5.04 Å². The van der Waals surface area contributed by atoms with Crippen molar-refractivity contribution in [2.45, 2.75) is 58.8 Å². The van der Waals surface area contributed by atoms with Gasteiger partial charge >= 0.3 is 0 Å². The Morgan fingerprint density at radius 2 is 1.83 bits per heavy atom. The van der Waals surface area contributed by atoms with Gasteiger partial charge in [0.05, 0.1) is 5.69 Å². The zero-order valence-corrected chi connectivity index (χ0v) is 13.4.